The molecule has 0 bridgehead atoms. The van der Waals surface area contributed by atoms with Crippen molar-refractivity contribution in [2.24, 2.45) is 5.41 Å². The zero-order valence-corrected chi connectivity index (χ0v) is 13.1. The predicted octanol–water partition coefficient (Wildman–Crippen LogP) is 1.12. The Labute approximate surface area is 130 Å². The van der Waals surface area contributed by atoms with Crippen molar-refractivity contribution < 1.29 is 24.2 Å². The molecule has 0 aromatic heterocycles. The summed E-state index contributed by atoms with van der Waals surface area (Å²) >= 11 is 0. The quantitative estimate of drug-likeness (QED) is 0.612. The minimum Gasteiger partial charge on any atom is -0.481 e. The first-order valence-electron chi connectivity index (χ1n) is 8.04. The van der Waals surface area contributed by atoms with Gasteiger partial charge in [-0.25, -0.2) is 4.79 Å². The molecular formula is C15H26N2O5. The fourth-order valence-corrected chi connectivity index (χ4v) is 3.46. The van der Waals surface area contributed by atoms with Crippen molar-refractivity contribution in [3.8, 4) is 0 Å². The fraction of sp³-hybridized carbons (Fsp3) is 0.867. The summed E-state index contributed by atoms with van der Waals surface area (Å²) in [5.74, 6) is -0.845. The van der Waals surface area contributed by atoms with Gasteiger partial charge >= 0.3 is 12.0 Å². The van der Waals surface area contributed by atoms with Gasteiger partial charge in [-0.2, -0.15) is 0 Å². The molecule has 1 heterocycles. The first-order chi connectivity index (χ1) is 10.6. The molecule has 1 saturated heterocycles. The summed E-state index contributed by atoms with van der Waals surface area (Å²) in [7, 11) is 0. The molecular weight excluding hydrogens is 288 g/mol. The smallest absolute Gasteiger partial charge is 0.315 e. The molecule has 22 heavy (non-hydrogen) atoms. The number of carboxylic acid groups (broad SMARTS) is 1. The van der Waals surface area contributed by atoms with Crippen LogP contribution in [-0.2, 0) is 14.3 Å². The van der Waals surface area contributed by atoms with E-state index >= 15 is 0 Å². The lowest BCUT2D eigenvalue weighted by Crippen LogP contribution is -2.67. The Bertz CT molecular complexity index is 395. The van der Waals surface area contributed by atoms with Crippen LogP contribution >= 0.6 is 0 Å². The molecule has 2 amide bonds. The Balaban J connectivity index is 1.78. The Kier molecular flexibility index (Phi) is 6.02. The van der Waals surface area contributed by atoms with Crippen LogP contribution in [0.3, 0.4) is 0 Å². The van der Waals surface area contributed by atoms with Crippen LogP contribution < -0.4 is 10.6 Å². The molecule has 2 fully saturated rings. The Hall–Kier alpha value is -1.34. The molecule has 1 saturated carbocycles. The highest BCUT2D eigenvalue weighted by Gasteiger charge is 2.56. The van der Waals surface area contributed by atoms with E-state index in [1.807, 2.05) is 6.92 Å². The zero-order valence-electron chi connectivity index (χ0n) is 13.1. The number of carbonyl (C=O) groups excluding carboxylic acids is 1. The highest BCUT2D eigenvalue weighted by molar-refractivity contribution is 5.74. The van der Waals surface area contributed by atoms with Gasteiger partial charge in [-0.1, -0.05) is 0 Å². The van der Waals surface area contributed by atoms with Crippen LogP contribution in [0.1, 0.15) is 39.0 Å². The normalized spacial score (nSPS) is 26.2. The van der Waals surface area contributed by atoms with E-state index in [0.29, 0.717) is 32.8 Å². The first kappa shape index (κ1) is 17.0. The van der Waals surface area contributed by atoms with Crippen LogP contribution in [0, 0.1) is 5.41 Å². The van der Waals surface area contributed by atoms with Gasteiger partial charge in [-0.05, 0) is 32.6 Å². The van der Waals surface area contributed by atoms with Gasteiger partial charge in [0, 0.05) is 44.2 Å². The van der Waals surface area contributed by atoms with E-state index in [0.717, 1.165) is 19.3 Å². The monoisotopic (exact) mass is 314 g/mol. The summed E-state index contributed by atoms with van der Waals surface area (Å²) in [6, 6.07) is -0.122. The average molecular weight is 314 g/mol. The van der Waals surface area contributed by atoms with Crippen LogP contribution in [0.15, 0.2) is 0 Å². The van der Waals surface area contributed by atoms with Gasteiger partial charge in [0.15, 0.2) is 0 Å². The molecule has 2 unspecified atom stereocenters. The second-order valence-corrected chi connectivity index (χ2v) is 5.98. The maximum absolute atomic E-state index is 11.9. The van der Waals surface area contributed by atoms with Crippen LogP contribution in [0.5, 0.6) is 0 Å². The molecule has 1 aliphatic carbocycles. The van der Waals surface area contributed by atoms with Crippen LogP contribution in [0.25, 0.3) is 0 Å². The van der Waals surface area contributed by atoms with Gasteiger partial charge in [-0.15, -0.1) is 0 Å². The summed E-state index contributed by atoms with van der Waals surface area (Å²) in [6.45, 7) is 4.46. The topological polar surface area (TPSA) is 96.9 Å². The molecule has 2 aliphatic rings. The molecule has 1 spiro atoms. The minimum atomic E-state index is -0.845. The zero-order chi connectivity index (χ0) is 16.0. The molecule has 7 heteroatoms. The third kappa shape index (κ3) is 3.89. The van der Waals surface area contributed by atoms with Crippen molar-refractivity contribution in [2.75, 3.05) is 26.4 Å². The van der Waals surface area contributed by atoms with Gasteiger partial charge in [0.25, 0.3) is 0 Å². The Morgan fingerprint density at radius 2 is 2.09 bits per heavy atom. The van der Waals surface area contributed by atoms with E-state index in [2.05, 4.69) is 10.6 Å². The lowest BCUT2D eigenvalue weighted by molar-refractivity contribution is -0.169. The highest BCUT2D eigenvalue weighted by Crippen LogP contribution is 2.50. The summed E-state index contributed by atoms with van der Waals surface area (Å²) in [5, 5.41) is 14.3. The van der Waals surface area contributed by atoms with Gasteiger partial charge in [-0.3, -0.25) is 4.79 Å². The molecule has 0 radical (unpaired) electrons. The number of amides is 2. The van der Waals surface area contributed by atoms with Crippen molar-refractivity contribution in [2.45, 2.75) is 51.2 Å². The Morgan fingerprint density at radius 1 is 1.36 bits per heavy atom. The first-order valence-corrected chi connectivity index (χ1v) is 8.04. The van der Waals surface area contributed by atoms with E-state index < -0.39 is 5.97 Å². The fourth-order valence-electron chi connectivity index (χ4n) is 3.46. The highest BCUT2D eigenvalue weighted by atomic mass is 16.5. The van der Waals surface area contributed by atoms with Crippen LogP contribution in [0.4, 0.5) is 4.79 Å². The van der Waals surface area contributed by atoms with Gasteiger partial charge < -0.3 is 25.2 Å². The third-order valence-corrected chi connectivity index (χ3v) is 4.73. The summed E-state index contributed by atoms with van der Waals surface area (Å²) in [5.41, 5.74) is -0.00728. The number of carbonyl (C=O) groups is 2. The molecule has 1 aliphatic heterocycles. The van der Waals surface area contributed by atoms with E-state index in [9.17, 15) is 9.59 Å². The van der Waals surface area contributed by atoms with Crippen molar-refractivity contribution in [1.82, 2.24) is 10.6 Å². The summed E-state index contributed by atoms with van der Waals surface area (Å²) < 4.78 is 11.3. The standard InChI is InChI=1S/C15H26N2O5/c1-2-22-12-10-11(15(12)5-8-21-9-6-15)17-14(20)16-7-3-4-13(18)19/h11-12H,2-10H2,1H3,(H,18,19)(H2,16,17,20). The van der Waals surface area contributed by atoms with Gasteiger partial charge in [0.2, 0.25) is 0 Å². The molecule has 2 rings (SSSR count). The molecule has 126 valence electrons. The Morgan fingerprint density at radius 3 is 2.73 bits per heavy atom. The molecule has 0 aromatic carbocycles. The van der Waals surface area contributed by atoms with E-state index in [1.54, 1.807) is 0 Å². The lowest BCUT2D eigenvalue weighted by Gasteiger charge is -2.57. The van der Waals surface area contributed by atoms with Crippen molar-refractivity contribution in [1.29, 1.82) is 0 Å². The number of hydrogen-bond donors (Lipinski definition) is 3. The number of ether oxygens (including phenoxy) is 2. The largest absolute Gasteiger partial charge is 0.481 e. The van der Waals surface area contributed by atoms with Crippen molar-refractivity contribution >= 4 is 12.0 Å². The van der Waals surface area contributed by atoms with E-state index in [1.165, 1.54) is 0 Å². The van der Waals surface area contributed by atoms with E-state index in [-0.39, 0.29) is 30.0 Å². The second-order valence-electron chi connectivity index (χ2n) is 5.98. The molecule has 0 aromatic rings. The van der Waals surface area contributed by atoms with Gasteiger partial charge in [0.1, 0.15) is 0 Å². The number of rotatable bonds is 7. The molecule has 3 N–H and O–H groups in total. The number of urea groups is 1. The molecule has 7 nitrogen and oxygen atoms in total. The summed E-state index contributed by atoms with van der Waals surface area (Å²) in [6.07, 6.45) is 3.34. The SMILES string of the molecule is CCOC1CC(NC(=O)NCCCC(=O)O)C12CCOCC2. The number of hydrogen-bond acceptors (Lipinski definition) is 4. The number of nitrogens with one attached hydrogen (secondary N) is 2. The van der Waals surface area contributed by atoms with E-state index in [4.69, 9.17) is 14.6 Å². The van der Waals surface area contributed by atoms with Gasteiger partial charge in [0.05, 0.1) is 6.10 Å². The number of aliphatic carboxylic acids is 1. The maximum atomic E-state index is 11.9. The minimum absolute atomic E-state index is 0.00728. The predicted molar refractivity (Wildman–Crippen MR) is 79.7 cm³/mol. The molecule has 2 atom stereocenters. The van der Waals surface area contributed by atoms with Crippen molar-refractivity contribution in [3.05, 3.63) is 0 Å². The van der Waals surface area contributed by atoms with Crippen LogP contribution in [-0.4, -0.2) is 55.6 Å². The third-order valence-electron chi connectivity index (χ3n) is 4.73. The maximum Gasteiger partial charge on any atom is 0.315 e. The van der Waals surface area contributed by atoms with Crippen molar-refractivity contribution in [3.63, 3.8) is 0 Å². The number of carboxylic acids is 1. The second kappa shape index (κ2) is 7.78. The average Bonchev–Trinajstić information content (AvgIpc) is 2.51. The summed E-state index contributed by atoms with van der Waals surface area (Å²) in [4.78, 5) is 22.4. The van der Waals surface area contributed by atoms with Crippen LogP contribution in [0.2, 0.25) is 0 Å². The lowest BCUT2D eigenvalue weighted by atomic mass is 9.57.